The SMILES string of the molecule is N#Cc1ccc(N(N)O)c(N)c1. The van der Waals surface area contributed by atoms with Gasteiger partial charge in [-0.3, -0.25) is 5.21 Å². The lowest BCUT2D eigenvalue weighted by atomic mass is 10.2. The summed E-state index contributed by atoms with van der Waals surface area (Å²) in [6, 6.07) is 6.33. The Hall–Kier alpha value is -1.77. The van der Waals surface area contributed by atoms with Gasteiger partial charge in [-0.05, 0) is 18.2 Å². The number of hydrogen-bond donors (Lipinski definition) is 3. The molecule has 0 bridgehead atoms. The highest BCUT2D eigenvalue weighted by Gasteiger charge is 2.03. The van der Waals surface area contributed by atoms with E-state index in [1.165, 1.54) is 18.2 Å². The van der Waals surface area contributed by atoms with Crippen LogP contribution in [-0.2, 0) is 0 Å². The van der Waals surface area contributed by atoms with Crippen molar-refractivity contribution in [2.45, 2.75) is 0 Å². The van der Waals surface area contributed by atoms with Crippen molar-refractivity contribution in [1.29, 1.82) is 5.26 Å². The topological polar surface area (TPSA) is 99.3 Å². The largest absolute Gasteiger partial charge is 0.397 e. The number of hydrazine groups is 1. The van der Waals surface area contributed by atoms with E-state index in [4.69, 9.17) is 22.0 Å². The first kappa shape index (κ1) is 8.33. The highest BCUT2D eigenvalue weighted by Crippen LogP contribution is 2.20. The molecule has 0 aliphatic heterocycles. The van der Waals surface area contributed by atoms with Crippen LogP contribution in [-0.4, -0.2) is 5.21 Å². The van der Waals surface area contributed by atoms with E-state index in [1.807, 2.05) is 6.07 Å². The van der Waals surface area contributed by atoms with E-state index >= 15 is 0 Å². The predicted molar refractivity (Wildman–Crippen MR) is 44.0 cm³/mol. The lowest BCUT2D eigenvalue weighted by Crippen LogP contribution is -2.26. The highest BCUT2D eigenvalue weighted by molar-refractivity contribution is 5.67. The fraction of sp³-hybridized carbons (Fsp3) is 0. The lowest BCUT2D eigenvalue weighted by Gasteiger charge is -2.11. The molecule has 0 aliphatic rings. The maximum atomic E-state index is 8.82. The molecular weight excluding hydrogens is 156 g/mol. The Morgan fingerprint density at radius 1 is 1.50 bits per heavy atom. The van der Waals surface area contributed by atoms with Crippen molar-refractivity contribution in [3.63, 3.8) is 0 Å². The molecule has 12 heavy (non-hydrogen) atoms. The van der Waals surface area contributed by atoms with Crippen LogP contribution in [0.3, 0.4) is 0 Å². The van der Waals surface area contributed by atoms with Crippen LogP contribution in [0.2, 0.25) is 0 Å². The van der Waals surface area contributed by atoms with Crippen molar-refractivity contribution in [1.82, 2.24) is 0 Å². The molecule has 0 heterocycles. The molecule has 5 nitrogen and oxygen atoms in total. The second-order valence-corrected chi connectivity index (χ2v) is 2.23. The van der Waals surface area contributed by atoms with Crippen LogP contribution >= 0.6 is 0 Å². The summed E-state index contributed by atoms with van der Waals surface area (Å²) in [4.78, 5) is 0. The van der Waals surface area contributed by atoms with Crippen molar-refractivity contribution < 1.29 is 5.21 Å². The molecule has 1 aromatic carbocycles. The van der Waals surface area contributed by atoms with E-state index < -0.39 is 0 Å². The zero-order valence-corrected chi connectivity index (χ0v) is 6.23. The first-order valence-electron chi connectivity index (χ1n) is 3.18. The first-order chi connectivity index (χ1) is 5.65. The number of benzene rings is 1. The van der Waals surface area contributed by atoms with Gasteiger partial charge < -0.3 is 5.73 Å². The third kappa shape index (κ3) is 1.45. The lowest BCUT2D eigenvalue weighted by molar-refractivity contribution is 0.258. The van der Waals surface area contributed by atoms with E-state index in [-0.39, 0.29) is 11.4 Å². The van der Waals surface area contributed by atoms with Crippen LogP contribution in [0.5, 0.6) is 0 Å². The van der Waals surface area contributed by atoms with Gasteiger partial charge >= 0.3 is 0 Å². The molecule has 0 atom stereocenters. The number of nitriles is 1. The molecular formula is C7H8N4O. The maximum Gasteiger partial charge on any atom is 0.105 e. The summed E-state index contributed by atoms with van der Waals surface area (Å²) in [6.07, 6.45) is 0. The zero-order chi connectivity index (χ0) is 9.14. The van der Waals surface area contributed by atoms with Crippen LogP contribution in [0.1, 0.15) is 5.56 Å². The van der Waals surface area contributed by atoms with E-state index in [2.05, 4.69) is 0 Å². The monoisotopic (exact) mass is 164 g/mol. The summed E-state index contributed by atoms with van der Waals surface area (Å²) >= 11 is 0. The van der Waals surface area contributed by atoms with Gasteiger partial charge in [0.15, 0.2) is 0 Å². The Kier molecular flexibility index (Phi) is 2.14. The third-order valence-corrected chi connectivity index (χ3v) is 1.40. The maximum absolute atomic E-state index is 8.82. The Bertz CT molecular complexity index is 329. The van der Waals surface area contributed by atoms with Crippen molar-refractivity contribution in [2.24, 2.45) is 5.84 Å². The normalized spacial score (nSPS) is 9.08. The van der Waals surface area contributed by atoms with Gasteiger partial charge in [-0.25, -0.2) is 5.84 Å². The standard InChI is InChI=1S/C7H8N4O/c8-4-5-1-2-7(11(10)12)6(9)3-5/h1-3,12H,9-10H2. The molecule has 0 aliphatic carbocycles. The van der Waals surface area contributed by atoms with Gasteiger partial charge in [0.25, 0.3) is 0 Å². The fourth-order valence-electron chi connectivity index (χ4n) is 0.833. The molecule has 0 unspecified atom stereocenters. The second kappa shape index (κ2) is 3.09. The molecule has 5 heteroatoms. The summed E-state index contributed by atoms with van der Waals surface area (Å²) < 4.78 is 0. The molecule has 0 amide bonds. The molecule has 0 aromatic heterocycles. The fourth-order valence-corrected chi connectivity index (χ4v) is 0.833. The molecule has 62 valence electrons. The van der Waals surface area contributed by atoms with Crippen LogP contribution < -0.4 is 16.7 Å². The van der Waals surface area contributed by atoms with Gasteiger partial charge in [0, 0.05) is 0 Å². The van der Waals surface area contributed by atoms with Crippen LogP contribution in [0, 0.1) is 11.3 Å². The van der Waals surface area contributed by atoms with Gasteiger partial charge in [-0.15, -0.1) is 0 Å². The van der Waals surface area contributed by atoms with E-state index in [0.29, 0.717) is 10.7 Å². The number of rotatable bonds is 1. The van der Waals surface area contributed by atoms with Gasteiger partial charge in [-0.1, -0.05) is 0 Å². The van der Waals surface area contributed by atoms with Gasteiger partial charge in [0.1, 0.15) is 5.69 Å². The average molecular weight is 164 g/mol. The van der Waals surface area contributed by atoms with Crippen LogP contribution in [0.4, 0.5) is 11.4 Å². The molecule has 0 spiro atoms. The molecule has 0 saturated carbocycles. The van der Waals surface area contributed by atoms with E-state index in [0.717, 1.165) is 0 Å². The summed E-state index contributed by atoms with van der Waals surface area (Å²) in [6.45, 7) is 0. The van der Waals surface area contributed by atoms with Crippen molar-refractivity contribution in [3.05, 3.63) is 23.8 Å². The molecule has 0 saturated heterocycles. The number of nitrogens with zero attached hydrogens (tertiary/aromatic N) is 2. The Morgan fingerprint density at radius 2 is 2.17 bits per heavy atom. The zero-order valence-electron chi connectivity index (χ0n) is 6.23. The van der Waals surface area contributed by atoms with Gasteiger partial charge in [0.2, 0.25) is 0 Å². The molecule has 1 aromatic rings. The van der Waals surface area contributed by atoms with Gasteiger partial charge in [-0.2, -0.15) is 10.4 Å². The Labute approximate surface area is 69.3 Å². The summed E-state index contributed by atoms with van der Waals surface area (Å²) in [5.41, 5.74) is 6.43. The molecule has 0 radical (unpaired) electrons. The van der Waals surface area contributed by atoms with Crippen molar-refractivity contribution >= 4 is 11.4 Å². The molecule has 1 rings (SSSR count). The number of anilines is 2. The Balaban J connectivity index is 3.14. The predicted octanol–water partition coefficient (Wildman–Crippen LogP) is 0.210. The number of nitrogen functional groups attached to an aromatic ring is 1. The number of hydrogen-bond acceptors (Lipinski definition) is 5. The van der Waals surface area contributed by atoms with Crippen molar-refractivity contribution in [2.75, 3.05) is 10.9 Å². The highest BCUT2D eigenvalue weighted by atomic mass is 16.5. The Morgan fingerprint density at radius 3 is 2.58 bits per heavy atom. The van der Waals surface area contributed by atoms with Gasteiger partial charge in [0.05, 0.1) is 17.3 Å². The van der Waals surface area contributed by atoms with E-state index in [9.17, 15) is 0 Å². The molecule has 5 N–H and O–H groups in total. The smallest absolute Gasteiger partial charge is 0.105 e. The third-order valence-electron chi connectivity index (χ3n) is 1.40. The average Bonchev–Trinajstić information content (AvgIpc) is 2.03. The van der Waals surface area contributed by atoms with Crippen LogP contribution in [0.15, 0.2) is 18.2 Å². The van der Waals surface area contributed by atoms with Crippen molar-refractivity contribution in [3.8, 4) is 6.07 Å². The minimum Gasteiger partial charge on any atom is -0.397 e. The van der Waals surface area contributed by atoms with E-state index in [1.54, 1.807) is 0 Å². The quantitative estimate of drug-likeness (QED) is 0.313. The minimum absolute atomic E-state index is 0.263. The summed E-state index contributed by atoms with van der Waals surface area (Å²) in [5, 5.41) is 17.7. The first-order valence-corrected chi connectivity index (χ1v) is 3.18. The summed E-state index contributed by atoms with van der Waals surface area (Å²) in [5.74, 6) is 5.03. The minimum atomic E-state index is 0.263. The summed E-state index contributed by atoms with van der Waals surface area (Å²) in [7, 11) is 0. The number of nitrogens with two attached hydrogens (primary N) is 2. The second-order valence-electron chi connectivity index (χ2n) is 2.23. The van der Waals surface area contributed by atoms with Crippen LogP contribution in [0.25, 0.3) is 0 Å². The molecule has 0 fully saturated rings.